The number of carboxylic acid groups (broad SMARTS) is 1. The van der Waals surface area contributed by atoms with Gasteiger partial charge in [-0.2, -0.15) is 11.8 Å². The van der Waals surface area contributed by atoms with E-state index in [2.05, 4.69) is 6.92 Å². The molecule has 4 nitrogen and oxygen atoms in total. The van der Waals surface area contributed by atoms with Crippen molar-refractivity contribution in [2.45, 2.75) is 44.9 Å². The van der Waals surface area contributed by atoms with Crippen LogP contribution in [0.5, 0.6) is 0 Å². The number of nitrogens with zero attached hydrogens (tertiary/aromatic N) is 1. The summed E-state index contributed by atoms with van der Waals surface area (Å²) in [5.41, 5.74) is 1.25. The first-order chi connectivity index (χ1) is 8.84. The molecule has 1 aromatic rings. The maximum absolute atomic E-state index is 12.1. The summed E-state index contributed by atoms with van der Waals surface area (Å²) in [5.74, 6) is 0.148. The molecule has 0 amide bonds. The lowest BCUT2D eigenvalue weighted by molar-refractivity contribution is 0.0694. The van der Waals surface area contributed by atoms with Crippen LogP contribution < -0.4 is 5.56 Å². The van der Waals surface area contributed by atoms with Crippen LogP contribution in [0.25, 0.3) is 0 Å². The molecule has 0 radical (unpaired) electrons. The highest BCUT2D eigenvalue weighted by atomic mass is 32.2. The maximum Gasteiger partial charge on any atom is 0.337 e. The largest absolute Gasteiger partial charge is 0.478 e. The second-order valence-corrected chi connectivity index (χ2v) is 7.10. The zero-order valence-electron chi connectivity index (χ0n) is 11.5. The SMILES string of the molecule is Cc1cc(=O)n(CC2(C)CCCS2)c(C)c1C(=O)O. The van der Waals surface area contributed by atoms with E-state index in [-0.39, 0.29) is 15.9 Å². The van der Waals surface area contributed by atoms with Crippen molar-refractivity contribution in [2.75, 3.05) is 5.75 Å². The molecule has 0 saturated carbocycles. The Hall–Kier alpha value is -1.23. The highest BCUT2D eigenvalue weighted by Crippen LogP contribution is 2.39. The Morgan fingerprint density at radius 1 is 1.53 bits per heavy atom. The molecular weight excluding hydrogens is 262 g/mol. The zero-order chi connectivity index (χ0) is 14.2. The van der Waals surface area contributed by atoms with Gasteiger partial charge >= 0.3 is 5.97 Å². The van der Waals surface area contributed by atoms with Gasteiger partial charge in [-0.1, -0.05) is 0 Å². The molecule has 0 aliphatic carbocycles. The summed E-state index contributed by atoms with van der Waals surface area (Å²) in [5, 5.41) is 9.27. The lowest BCUT2D eigenvalue weighted by atomic mass is 10.0. The molecule has 1 aliphatic rings. The van der Waals surface area contributed by atoms with E-state index in [4.69, 9.17) is 0 Å². The van der Waals surface area contributed by atoms with Gasteiger partial charge in [-0.25, -0.2) is 4.79 Å². The Bertz CT molecular complexity index is 571. The zero-order valence-corrected chi connectivity index (χ0v) is 12.3. The maximum atomic E-state index is 12.1. The van der Waals surface area contributed by atoms with Crippen molar-refractivity contribution in [1.82, 2.24) is 4.57 Å². The summed E-state index contributed by atoms with van der Waals surface area (Å²) in [7, 11) is 0. The number of thioether (sulfide) groups is 1. The normalized spacial score (nSPS) is 22.7. The molecule has 0 aromatic carbocycles. The van der Waals surface area contributed by atoms with Crippen LogP contribution in [0, 0.1) is 13.8 Å². The summed E-state index contributed by atoms with van der Waals surface area (Å²) < 4.78 is 1.66. The van der Waals surface area contributed by atoms with Gasteiger partial charge in [-0.15, -0.1) is 0 Å². The first-order valence-corrected chi connectivity index (χ1v) is 7.41. The number of hydrogen-bond acceptors (Lipinski definition) is 3. The monoisotopic (exact) mass is 281 g/mol. The van der Waals surface area contributed by atoms with Crippen molar-refractivity contribution >= 4 is 17.7 Å². The molecule has 1 N–H and O–H groups in total. The molecule has 1 aromatic heterocycles. The third-order valence-corrected chi connectivity index (χ3v) is 5.30. The number of aromatic carboxylic acids is 1. The molecule has 0 spiro atoms. The summed E-state index contributed by atoms with van der Waals surface area (Å²) in [6.45, 7) is 6.13. The van der Waals surface area contributed by atoms with Gasteiger partial charge in [0.2, 0.25) is 0 Å². The van der Waals surface area contributed by atoms with Crippen LogP contribution in [0.3, 0.4) is 0 Å². The summed E-state index contributed by atoms with van der Waals surface area (Å²) in [4.78, 5) is 23.4. The summed E-state index contributed by atoms with van der Waals surface area (Å²) >= 11 is 1.87. The number of pyridine rings is 1. The van der Waals surface area contributed by atoms with Gasteiger partial charge in [0.05, 0.1) is 5.56 Å². The highest BCUT2D eigenvalue weighted by Gasteiger charge is 2.31. The van der Waals surface area contributed by atoms with Crippen LogP contribution in [0.4, 0.5) is 0 Å². The Morgan fingerprint density at radius 2 is 2.21 bits per heavy atom. The second kappa shape index (κ2) is 5.04. The second-order valence-electron chi connectivity index (χ2n) is 5.42. The minimum absolute atomic E-state index is 0.0413. The van der Waals surface area contributed by atoms with E-state index in [1.807, 2.05) is 11.8 Å². The quantitative estimate of drug-likeness (QED) is 0.924. The van der Waals surface area contributed by atoms with Gasteiger partial charge in [0.25, 0.3) is 5.56 Å². The minimum Gasteiger partial charge on any atom is -0.478 e. The van der Waals surface area contributed by atoms with Crippen molar-refractivity contribution in [1.29, 1.82) is 0 Å². The van der Waals surface area contributed by atoms with Crippen molar-refractivity contribution in [3.05, 3.63) is 33.2 Å². The van der Waals surface area contributed by atoms with Crippen LogP contribution in [0.2, 0.25) is 0 Å². The lowest BCUT2D eigenvalue weighted by Crippen LogP contribution is -2.33. The Morgan fingerprint density at radius 3 is 2.74 bits per heavy atom. The smallest absolute Gasteiger partial charge is 0.337 e. The number of carbonyl (C=O) groups is 1. The molecule has 1 saturated heterocycles. The average Bonchev–Trinajstić information content (AvgIpc) is 2.71. The van der Waals surface area contributed by atoms with E-state index >= 15 is 0 Å². The molecule has 5 heteroatoms. The van der Waals surface area contributed by atoms with Gasteiger partial charge in [-0.05, 0) is 44.9 Å². The highest BCUT2D eigenvalue weighted by molar-refractivity contribution is 8.00. The van der Waals surface area contributed by atoms with E-state index in [1.165, 1.54) is 6.07 Å². The third kappa shape index (κ3) is 2.71. The number of carboxylic acids is 1. The molecule has 1 fully saturated rings. The number of hydrogen-bond donors (Lipinski definition) is 1. The van der Waals surface area contributed by atoms with Gasteiger partial charge in [0, 0.05) is 23.1 Å². The van der Waals surface area contributed by atoms with Gasteiger partial charge in [-0.3, -0.25) is 4.79 Å². The Labute approximate surface area is 116 Å². The fourth-order valence-corrected chi connectivity index (χ4v) is 4.03. The minimum atomic E-state index is -0.965. The molecule has 2 heterocycles. The molecule has 1 unspecified atom stereocenters. The van der Waals surface area contributed by atoms with Crippen molar-refractivity contribution in [3.8, 4) is 0 Å². The van der Waals surface area contributed by atoms with Crippen LogP contribution in [-0.4, -0.2) is 26.1 Å². The van der Waals surface area contributed by atoms with E-state index < -0.39 is 5.97 Å². The number of rotatable bonds is 3. The molecule has 1 atom stereocenters. The van der Waals surface area contributed by atoms with Crippen molar-refractivity contribution in [2.24, 2.45) is 0 Å². The Balaban J connectivity index is 2.48. The first kappa shape index (κ1) is 14.2. The average molecular weight is 281 g/mol. The standard InChI is InChI=1S/C14H19NO3S/c1-9-7-11(16)15(10(2)12(9)13(17)18)8-14(3)5-4-6-19-14/h7H,4-6,8H2,1-3H3,(H,17,18). The summed E-state index contributed by atoms with van der Waals surface area (Å²) in [6.07, 6.45) is 2.23. The van der Waals surface area contributed by atoms with E-state index in [9.17, 15) is 14.7 Å². The molecule has 0 bridgehead atoms. The topological polar surface area (TPSA) is 59.3 Å². The van der Waals surface area contributed by atoms with Crippen LogP contribution >= 0.6 is 11.8 Å². The number of aryl methyl sites for hydroxylation is 1. The number of aromatic nitrogens is 1. The fourth-order valence-electron chi connectivity index (χ4n) is 2.74. The van der Waals surface area contributed by atoms with Crippen molar-refractivity contribution < 1.29 is 9.90 Å². The van der Waals surface area contributed by atoms with Gasteiger partial charge < -0.3 is 9.67 Å². The molecule has 104 valence electrons. The lowest BCUT2D eigenvalue weighted by Gasteiger charge is -2.25. The molecular formula is C14H19NO3S. The van der Waals surface area contributed by atoms with Gasteiger partial charge in [0.15, 0.2) is 0 Å². The van der Waals surface area contributed by atoms with Crippen molar-refractivity contribution in [3.63, 3.8) is 0 Å². The third-order valence-electron chi connectivity index (χ3n) is 3.77. The van der Waals surface area contributed by atoms with Gasteiger partial charge in [0.1, 0.15) is 0 Å². The Kier molecular flexibility index (Phi) is 3.76. The summed E-state index contributed by atoms with van der Waals surface area (Å²) in [6, 6.07) is 1.43. The van der Waals surface area contributed by atoms with E-state index in [1.54, 1.807) is 18.4 Å². The van der Waals surface area contributed by atoms with Crippen LogP contribution in [0.15, 0.2) is 10.9 Å². The van der Waals surface area contributed by atoms with E-state index in [0.717, 1.165) is 18.6 Å². The molecule has 19 heavy (non-hydrogen) atoms. The van der Waals surface area contributed by atoms with Crippen LogP contribution in [-0.2, 0) is 6.54 Å². The molecule has 2 rings (SSSR count). The predicted octanol–water partition coefficient (Wildman–Crippen LogP) is 2.45. The van der Waals surface area contributed by atoms with Crippen LogP contribution in [0.1, 0.15) is 41.4 Å². The molecule has 1 aliphatic heterocycles. The first-order valence-electron chi connectivity index (χ1n) is 6.42. The van der Waals surface area contributed by atoms with E-state index in [0.29, 0.717) is 17.8 Å². The fraction of sp³-hybridized carbons (Fsp3) is 0.571. The predicted molar refractivity (Wildman–Crippen MR) is 77.2 cm³/mol.